The smallest absolute Gasteiger partial charge is 0.497 e. The number of aromatic carboxylic acids is 1. The number of hydrogen-bond acceptors (Lipinski definition) is 7. The van der Waals surface area contributed by atoms with Gasteiger partial charge in [0.2, 0.25) is 0 Å². The maximum atomic E-state index is 12.3. The molecule has 3 rings (SSSR count). The fourth-order valence-electron chi connectivity index (χ4n) is 3.96. The Morgan fingerprint density at radius 1 is 0.861 bits per heavy atom. The van der Waals surface area contributed by atoms with Crippen LogP contribution in [0.4, 0.5) is 4.79 Å². The molecule has 3 aromatic carbocycles. The van der Waals surface area contributed by atoms with E-state index in [1.807, 2.05) is 11.0 Å². The van der Waals surface area contributed by atoms with E-state index in [-0.39, 0.29) is 23.6 Å². The first kappa shape index (κ1) is 26.2. The van der Waals surface area contributed by atoms with Crippen LogP contribution in [-0.4, -0.2) is 53.8 Å². The van der Waals surface area contributed by atoms with Crippen LogP contribution in [0.25, 0.3) is 0 Å². The predicted octanol–water partition coefficient (Wildman–Crippen LogP) is 4.64. The number of Topliss-reactive ketones (excluding diaryl/α,β-unsaturated/α-hetero) is 1. The lowest BCUT2D eigenvalue weighted by Crippen LogP contribution is -2.33. The van der Waals surface area contributed by atoms with Crippen molar-refractivity contribution in [2.45, 2.75) is 19.5 Å². The molecule has 1 atom stereocenters. The molecule has 0 aromatic heterocycles. The quantitative estimate of drug-likeness (QED) is 0.290. The first-order valence-electron chi connectivity index (χ1n) is 11.0. The highest BCUT2D eigenvalue weighted by atomic mass is 16.7. The Morgan fingerprint density at radius 2 is 1.50 bits per heavy atom. The van der Waals surface area contributed by atoms with Crippen molar-refractivity contribution in [1.82, 2.24) is 4.90 Å². The van der Waals surface area contributed by atoms with Crippen molar-refractivity contribution in [1.29, 1.82) is 0 Å². The number of ketones is 1. The summed E-state index contributed by atoms with van der Waals surface area (Å²) in [5.41, 5.74) is 2.50. The number of ether oxygens (including phenoxy) is 3. The lowest BCUT2D eigenvalue weighted by atomic mass is 9.94. The van der Waals surface area contributed by atoms with E-state index in [0.29, 0.717) is 18.0 Å². The third-order valence-corrected chi connectivity index (χ3v) is 5.51. The van der Waals surface area contributed by atoms with E-state index in [0.717, 1.165) is 16.7 Å². The second kappa shape index (κ2) is 11.9. The molecule has 1 unspecified atom stereocenters. The Morgan fingerprint density at radius 3 is 2.03 bits per heavy atom. The van der Waals surface area contributed by atoms with Gasteiger partial charge in [0.1, 0.15) is 23.0 Å². The minimum atomic E-state index is -1.42. The molecule has 0 aliphatic rings. The molecule has 0 aliphatic carbocycles. The SMILES string of the molecule is COc1ccc(C(c2ccc(OC(=O)O)cc2)N(CC(C)=O)Cc2ccc(C(=O)O)cc2)c(OC)c1. The van der Waals surface area contributed by atoms with Gasteiger partial charge in [0.05, 0.1) is 32.4 Å². The molecule has 9 heteroatoms. The van der Waals surface area contributed by atoms with Crippen LogP contribution in [0.1, 0.15) is 40.0 Å². The highest BCUT2D eigenvalue weighted by Gasteiger charge is 2.27. The molecule has 0 heterocycles. The summed E-state index contributed by atoms with van der Waals surface area (Å²) in [6.07, 6.45) is -1.42. The lowest BCUT2D eigenvalue weighted by molar-refractivity contribution is -0.118. The molecule has 0 spiro atoms. The summed E-state index contributed by atoms with van der Waals surface area (Å²) < 4.78 is 15.7. The highest BCUT2D eigenvalue weighted by Crippen LogP contribution is 2.38. The summed E-state index contributed by atoms with van der Waals surface area (Å²) in [4.78, 5) is 36.4. The molecule has 36 heavy (non-hydrogen) atoms. The van der Waals surface area contributed by atoms with E-state index in [4.69, 9.17) is 19.3 Å². The maximum Gasteiger partial charge on any atom is 0.511 e. The predicted molar refractivity (Wildman–Crippen MR) is 131 cm³/mol. The Kier molecular flexibility index (Phi) is 8.64. The molecule has 3 aromatic rings. The lowest BCUT2D eigenvalue weighted by Gasteiger charge is -2.33. The van der Waals surface area contributed by atoms with Gasteiger partial charge in [-0.3, -0.25) is 9.69 Å². The number of carbonyl (C=O) groups excluding carboxylic acids is 1. The van der Waals surface area contributed by atoms with Gasteiger partial charge in [0.15, 0.2) is 0 Å². The monoisotopic (exact) mass is 493 g/mol. The van der Waals surface area contributed by atoms with Crippen molar-refractivity contribution in [2.24, 2.45) is 0 Å². The number of benzene rings is 3. The van der Waals surface area contributed by atoms with Gasteiger partial charge in [0, 0.05) is 18.2 Å². The third kappa shape index (κ3) is 6.61. The molecule has 0 aliphatic heterocycles. The second-order valence-corrected chi connectivity index (χ2v) is 8.06. The Labute approximate surface area is 208 Å². The number of carboxylic acid groups (broad SMARTS) is 2. The number of methoxy groups -OCH3 is 2. The van der Waals surface area contributed by atoms with Crippen molar-refractivity contribution < 1.29 is 38.8 Å². The Bertz CT molecular complexity index is 1220. The Hall–Kier alpha value is -4.37. The molecule has 9 nitrogen and oxygen atoms in total. The van der Waals surface area contributed by atoms with Gasteiger partial charge >= 0.3 is 12.1 Å². The van der Waals surface area contributed by atoms with Crippen molar-refractivity contribution in [3.05, 3.63) is 89.0 Å². The minimum Gasteiger partial charge on any atom is -0.497 e. The minimum absolute atomic E-state index is 0.0690. The van der Waals surface area contributed by atoms with Gasteiger partial charge in [-0.1, -0.05) is 24.3 Å². The number of carboxylic acids is 1. The zero-order valence-electron chi connectivity index (χ0n) is 20.1. The van der Waals surface area contributed by atoms with E-state index in [1.54, 1.807) is 62.8 Å². The van der Waals surface area contributed by atoms with Gasteiger partial charge in [-0.2, -0.15) is 0 Å². The van der Waals surface area contributed by atoms with Crippen LogP contribution in [0.2, 0.25) is 0 Å². The molecule has 2 N–H and O–H groups in total. The largest absolute Gasteiger partial charge is 0.511 e. The van der Waals surface area contributed by atoms with Gasteiger partial charge in [-0.25, -0.2) is 9.59 Å². The summed E-state index contributed by atoms with van der Waals surface area (Å²) in [5.74, 6) is 0.211. The highest BCUT2D eigenvalue weighted by molar-refractivity contribution is 5.87. The van der Waals surface area contributed by atoms with E-state index in [1.165, 1.54) is 19.1 Å². The van der Waals surface area contributed by atoms with E-state index >= 15 is 0 Å². The standard InChI is InChI=1S/C27H27NO8/c1-17(29)15-28(16-18-4-6-20(7-5-18)26(30)31)25(19-8-10-21(11-9-19)36-27(32)33)23-13-12-22(34-2)14-24(23)35-3/h4-14,25H,15-16H2,1-3H3,(H,30,31)(H,32,33). The first-order chi connectivity index (χ1) is 17.2. The normalized spacial score (nSPS) is 11.6. The van der Waals surface area contributed by atoms with E-state index < -0.39 is 18.2 Å². The van der Waals surface area contributed by atoms with Crippen molar-refractivity contribution in [2.75, 3.05) is 20.8 Å². The second-order valence-electron chi connectivity index (χ2n) is 8.06. The van der Waals surface area contributed by atoms with Crippen molar-refractivity contribution in [3.8, 4) is 17.2 Å². The fraction of sp³-hybridized carbons (Fsp3) is 0.222. The zero-order valence-corrected chi connectivity index (χ0v) is 20.1. The van der Waals surface area contributed by atoms with E-state index in [9.17, 15) is 19.5 Å². The average Bonchev–Trinajstić information content (AvgIpc) is 2.85. The number of carbonyl (C=O) groups is 3. The summed E-state index contributed by atoms with van der Waals surface area (Å²) in [6.45, 7) is 1.91. The third-order valence-electron chi connectivity index (χ3n) is 5.51. The average molecular weight is 494 g/mol. The number of rotatable bonds is 11. The fourth-order valence-corrected chi connectivity index (χ4v) is 3.96. The molecule has 0 fully saturated rings. The van der Waals surface area contributed by atoms with E-state index in [2.05, 4.69) is 0 Å². The van der Waals surface area contributed by atoms with Gasteiger partial charge in [0.25, 0.3) is 0 Å². The summed E-state index contributed by atoms with van der Waals surface area (Å²) in [6, 6.07) is 17.9. The number of hydrogen-bond donors (Lipinski definition) is 2. The zero-order chi connectivity index (χ0) is 26.2. The van der Waals surface area contributed by atoms with Crippen molar-refractivity contribution in [3.63, 3.8) is 0 Å². The molecule has 0 radical (unpaired) electrons. The summed E-state index contributed by atoms with van der Waals surface area (Å²) in [7, 11) is 3.09. The van der Waals surface area contributed by atoms with Gasteiger partial charge in [-0.15, -0.1) is 0 Å². The van der Waals surface area contributed by atoms with Crippen LogP contribution in [0.3, 0.4) is 0 Å². The number of nitrogens with zero attached hydrogens (tertiary/aromatic N) is 1. The molecule has 0 saturated heterocycles. The first-order valence-corrected chi connectivity index (χ1v) is 11.0. The molecular weight excluding hydrogens is 466 g/mol. The van der Waals surface area contributed by atoms with Crippen LogP contribution in [0.15, 0.2) is 66.7 Å². The summed E-state index contributed by atoms with van der Waals surface area (Å²) in [5, 5.41) is 18.1. The topological polar surface area (TPSA) is 123 Å². The molecular formula is C27H27NO8. The maximum absolute atomic E-state index is 12.3. The molecule has 0 bridgehead atoms. The van der Waals surface area contributed by atoms with Crippen LogP contribution in [0, 0.1) is 0 Å². The Balaban J connectivity index is 2.11. The van der Waals surface area contributed by atoms with Gasteiger partial charge < -0.3 is 24.4 Å². The van der Waals surface area contributed by atoms with Crippen LogP contribution < -0.4 is 14.2 Å². The van der Waals surface area contributed by atoms with Crippen LogP contribution in [-0.2, 0) is 11.3 Å². The molecule has 0 saturated carbocycles. The van der Waals surface area contributed by atoms with Gasteiger partial charge in [-0.05, 0) is 54.4 Å². The molecule has 188 valence electrons. The van der Waals surface area contributed by atoms with Crippen molar-refractivity contribution >= 4 is 17.9 Å². The summed E-state index contributed by atoms with van der Waals surface area (Å²) >= 11 is 0. The van der Waals surface area contributed by atoms with Crippen LogP contribution >= 0.6 is 0 Å². The van der Waals surface area contributed by atoms with Crippen LogP contribution in [0.5, 0.6) is 17.2 Å². The molecule has 0 amide bonds.